The van der Waals surface area contributed by atoms with Crippen molar-refractivity contribution < 1.29 is 9.78 Å². The lowest BCUT2D eigenvalue weighted by molar-refractivity contribution is -0.426. The molecule has 2 heteroatoms. The van der Waals surface area contributed by atoms with E-state index in [1.165, 1.54) is 11.1 Å². The summed E-state index contributed by atoms with van der Waals surface area (Å²) in [4.78, 5) is 13.0. The fourth-order valence-electron chi connectivity index (χ4n) is 7.42. The van der Waals surface area contributed by atoms with Crippen LogP contribution in [-0.4, -0.2) is 11.2 Å². The Bertz CT molecular complexity index is 800. The van der Waals surface area contributed by atoms with Gasteiger partial charge in [-0.05, 0) is 61.5 Å². The average Bonchev–Trinajstić information content (AvgIpc) is 2.72. The molecule has 0 bridgehead atoms. The Hall–Kier alpha value is -1.64. The number of rotatable bonds is 11. The first-order valence-corrected chi connectivity index (χ1v) is 13.0. The van der Waals surface area contributed by atoms with Crippen molar-refractivity contribution >= 4 is 0 Å². The van der Waals surface area contributed by atoms with E-state index in [1.54, 1.807) is 0 Å². The maximum Gasteiger partial charge on any atom is 0.102 e. The lowest BCUT2D eigenvalue weighted by Crippen LogP contribution is -2.52. The minimum absolute atomic E-state index is 0.0762. The molecule has 0 aliphatic heterocycles. The van der Waals surface area contributed by atoms with Gasteiger partial charge >= 0.3 is 0 Å². The molecule has 0 aliphatic carbocycles. The summed E-state index contributed by atoms with van der Waals surface area (Å²) in [5.74, 6) is 1.33. The van der Waals surface area contributed by atoms with Crippen LogP contribution in [0.3, 0.4) is 0 Å². The highest BCUT2D eigenvalue weighted by Crippen LogP contribution is 2.47. The third kappa shape index (κ3) is 6.13. The maximum absolute atomic E-state index is 6.49. The Morgan fingerprint density at radius 3 is 0.971 bits per heavy atom. The van der Waals surface area contributed by atoms with E-state index in [9.17, 15) is 0 Å². The molecule has 0 spiro atoms. The van der Waals surface area contributed by atoms with Gasteiger partial charge in [0.05, 0.1) is 0 Å². The molecule has 34 heavy (non-hydrogen) atoms. The summed E-state index contributed by atoms with van der Waals surface area (Å²) in [6.07, 6.45) is 0. The second-order valence-corrected chi connectivity index (χ2v) is 13.0. The molecule has 2 rings (SSSR count). The molecule has 2 aromatic rings. The van der Waals surface area contributed by atoms with E-state index in [0.29, 0.717) is 11.8 Å². The normalized spacial score (nSPS) is 15.6. The first kappa shape index (κ1) is 28.6. The van der Waals surface area contributed by atoms with Crippen molar-refractivity contribution in [3.63, 3.8) is 0 Å². The topological polar surface area (TPSA) is 18.5 Å². The Balaban J connectivity index is 2.35. The summed E-state index contributed by atoms with van der Waals surface area (Å²) in [7, 11) is 0. The molecule has 0 amide bonds. The van der Waals surface area contributed by atoms with E-state index in [1.807, 2.05) is 0 Å². The highest BCUT2D eigenvalue weighted by molar-refractivity contribution is 5.27. The zero-order valence-electron chi connectivity index (χ0n) is 23.9. The molecule has 0 saturated heterocycles. The molecular weight excluding hydrogens is 416 g/mol. The van der Waals surface area contributed by atoms with Crippen LogP contribution in [0.1, 0.15) is 94.2 Å². The Morgan fingerprint density at radius 1 is 0.471 bits per heavy atom. The SMILES string of the molecule is CC(C)C(C(C)(C)OOC(C)(C)C(C(C)C)C(C)(C)c1ccccc1)C(C)(C)c1ccccc1. The van der Waals surface area contributed by atoms with E-state index in [-0.39, 0.29) is 22.7 Å². The molecule has 0 N–H and O–H groups in total. The fraction of sp³-hybridized carbons (Fsp3) is 0.625. The molecule has 0 heterocycles. The predicted octanol–water partition coefficient (Wildman–Crippen LogP) is 8.99. The molecule has 2 aromatic carbocycles. The second kappa shape index (κ2) is 10.5. The predicted molar refractivity (Wildman–Crippen MR) is 146 cm³/mol. The van der Waals surface area contributed by atoms with E-state index >= 15 is 0 Å². The molecule has 0 saturated carbocycles. The standard InChI is InChI=1S/C32H50O2/c1-23(2)27(29(5,6)25-19-15-13-16-20-25)31(9,10)33-34-32(11,12)28(24(3)4)30(7,8)26-21-17-14-18-22-26/h13-24,27-28H,1-12H3. The first-order valence-electron chi connectivity index (χ1n) is 13.0. The summed E-state index contributed by atoms with van der Waals surface area (Å²) in [6.45, 7) is 27.2. The van der Waals surface area contributed by atoms with Crippen molar-refractivity contribution in [3.8, 4) is 0 Å². The third-order valence-electron chi connectivity index (χ3n) is 7.89. The van der Waals surface area contributed by atoms with Gasteiger partial charge in [-0.25, -0.2) is 9.78 Å². The Kier molecular flexibility index (Phi) is 8.87. The van der Waals surface area contributed by atoms with Crippen molar-refractivity contribution in [2.75, 3.05) is 0 Å². The number of hydrogen-bond acceptors (Lipinski definition) is 2. The summed E-state index contributed by atoms with van der Waals surface area (Å²) in [5.41, 5.74) is 1.54. The maximum atomic E-state index is 6.49. The van der Waals surface area contributed by atoms with Crippen LogP contribution in [0.4, 0.5) is 0 Å². The molecule has 190 valence electrons. The lowest BCUT2D eigenvalue weighted by Gasteiger charge is -2.50. The summed E-state index contributed by atoms with van der Waals surface area (Å²) in [5, 5.41) is 0. The van der Waals surface area contributed by atoms with Crippen molar-refractivity contribution in [2.45, 2.75) is 105 Å². The van der Waals surface area contributed by atoms with E-state index in [2.05, 4.69) is 144 Å². The number of hydrogen-bond donors (Lipinski definition) is 0. The second-order valence-electron chi connectivity index (χ2n) is 13.0. The third-order valence-corrected chi connectivity index (χ3v) is 7.89. The van der Waals surface area contributed by atoms with Gasteiger partial charge in [-0.2, -0.15) is 0 Å². The lowest BCUT2D eigenvalue weighted by atomic mass is 9.62. The van der Waals surface area contributed by atoms with Crippen molar-refractivity contribution in [2.24, 2.45) is 23.7 Å². The minimum Gasteiger partial charge on any atom is -0.230 e. The van der Waals surface area contributed by atoms with Gasteiger partial charge in [0, 0.05) is 11.8 Å². The van der Waals surface area contributed by atoms with Gasteiger partial charge in [-0.1, -0.05) is 116 Å². The van der Waals surface area contributed by atoms with E-state index in [4.69, 9.17) is 9.78 Å². The average molecular weight is 467 g/mol. The minimum atomic E-state index is -0.483. The van der Waals surface area contributed by atoms with Crippen LogP contribution in [0.2, 0.25) is 0 Å². The van der Waals surface area contributed by atoms with Gasteiger partial charge in [0.15, 0.2) is 0 Å². The van der Waals surface area contributed by atoms with E-state index < -0.39 is 11.2 Å². The number of benzene rings is 2. The first-order chi connectivity index (χ1) is 15.5. The van der Waals surface area contributed by atoms with Crippen LogP contribution in [0, 0.1) is 23.7 Å². The summed E-state index contributed by atoms with van der Waals surface area (Å²) < 4.78 is 0. The molecular formula is C32H50O2. The molecule has 0 aliphatic rings. The van der Waals surface area contributed by atoms with Gasteiger partial charge < -0.3 is 0 Å². The molecule has 2 nitrogen and oxygen atoms in total. The zero-order chi connectivity index (χ0) is 25.9. The van der Waals surface area contributed by atoms with Crippen LogP contribution < -0.4 is 0 Å². The Morgan fingerprint density at radius 2 is 0.735 bits per heavy atom. The van der Waals surface area contributed by atoms with Crippen molar-refractivity contribution in [1.29, 1.82) is 0 Å². The monoisotopic (exact) mass is 466 g/mol. The fourth-order valence-corrected chi connectivity index (χ4v) is 7.42. The summed E-state index contributed by atoms with van der Waals surface area (Å²) >= 11 is 0. The molecule has 0 fully saturated rings. The van der Waals surface area contributed by atoms with Crippen LogP contribution in [-0.2, 0) is 20.6 Å². The Labute approximate surface area is 210 Å². The largest absolute Gasteiger partial charge is 0.230 e. The van der Waals surface area contributed by atoms with Crippen LogP contribution in [0.25, 0.3) is 0 Å². The van der Waals surface area contributed by atoms with Gasteiger partial charge in [0.25, 0.3) is 0 Å². The van der Waals surface area contributed by atoms with Crippen molar-refractivity contribution in [1.82, 2.24) is 0 Å². The summed E-state index contributed by atoms with van der Waals surface area (Å²) in [6, 6.07) is 21.6. The smallest absolute Gasteiger partial charge is 0.102 e. The van der Waals surface area contributed by atoms with Gasteiger partial charge in [0.1, 0.15) is 11.2 Å². The molecule has 0 aromatic heterocycles. The van der Waals surface area contributed by atoms with Crippen LogP contribution >= 0.6 is 0 Å². The highest BCUT2D eigenvalue weighted by atomic mass is 17.2. The quantitative estimate of drug-likeness (QED) is 0.243. The zero-order valence-corrected chi connectivity index (χ0v) is 23.9. The molecule has 0 radical (unpaired) electrons. The van der Waals surface area contributed by atoms with Crippen LogP contribution in [0.15, 0.2) is 60.7 Å². The van der Waals surface area contributed by atoms with Gasteiger partial charge in [-0.3, -0.25) is 0 Å². The highest BCUT2D eigenvalue weighted by Gasteiger charge is 2.49. The van der Waals surface area contributed by atoms with Crippen LogP contribution in [0.5, 0.6) is 0 Å². The molecule has 2 unspecified atom stereocenters. The van der Waals surface area contributed by atoms with E-state index in [0.717, 1.165) is 0 Å². The van der Waals surface area contributed by atoms with Gasteiger partial charge in [-0.15, -0.1) is 0 Å². The molecule has 2 atom stereocenters. The van der Waals surface area contributed by atoms with Crippen molar-refractivity contribution in [3.05, 3.63) is 71.8 Å². The van der Waals surface area contributed by atoms with Gasteiger partial charge in [0.2, 0.25) is 0 Å².